The Morgan fingerprint density at radius 3 is 2.26 bits per heavy atom. The molecular formula is C20H22N2O5. The molecule has 0 saturated heterocycles. The lowest BCUT2D eigenvalue weighted by molar-refractivity contribution is 0.0600. The van der Waals surface area contributed by atoms with Crippen molar-refractivity contribution in [2.75, 3.05) is 32.7 Å². The summed E-state index contributed by atoms with van der Waals surface area (Å²) in [5.41, 5.74) is 1.70. The molecule has 0 radical (unpaired) electrons. The van der Waals surface area contributed by atoms with Gasteiger partial charge in [-0.05, 0) is 48.9 Å². The number of nitrogens with one attached hydrogen (secondary N) is 2. The fourth-order valence-corrected chi connectivity index (χ4v) is 2.34. The Kier molecular flexibility index (Phi) is 7.51. The number of esters is 1. The van der Waals surface area contributed by atoms with E-state index in [0.29, 0.717) is 35.5 Å². The van der Waals surface area contributed by atoms with Crippen LogP contribution in [0.15, 0.2) is 48.5 Å². The van der Waals surface area contributed by atoms with E-state index in [1.807, 2.05) is 0 Å². The maximum absolute atomic E-state index is 12.3. The first kappa shape index (κ1) is 20.1. The molecule has 0 spiro atoms. The van der Waals surface area contributed by atoms with Crippen LogP contribution in [0.25, 0.3) is 0 Å². The first-order chi connectivity index (χ1) is 13.0. The molecule has 7 nitrogen and oxygen atoms in total. The molecule has 2 N–H and O–H groups in total. The molecule has 0 bridgehead atoms. The van der Waals surface area contributed by atoms with E-state index in [9.17, 15) is 14.4 Å². The van der Waals surface area contributed by atoms with Gasteiger partial charge in [0.1, 0.15) is 0 Å². The topological polar surface area (TPSA) is 93.7 Å². The van der Waals surface area contributed by atoms with Crippen molar-refractivity contribution in [2.45, 2.75) is 6.42 Å². The predicted molar refractivity (Wildman–Crippen MR) is 101 cm³/mol. The zero-order chi connectivity index (χ0) is 19.6. The second-order valence-electron chi connectivity index (χ2n) is 5.71. The van der Waals surface area contributed by atoms with E-state index in [-0.39, 0.29) is 11.8 Å². The summed E-state index contributed by atoms with van der Waals surface area (Å²) < 4.78 is 9.56. The molecule has 0 aliphatic heterocycles. The van der Waals surface area contributed by atoms with Crippen LogP contribution in [0.1, 0.15) is 37.5 Å². The van der Waals surface area contributed by atoms with Crippen LogP contribution >= 0.6 is 0 Å². The molecule has 0 unspecified atom stereocenters. The van der Waals surface area contributed by atoms with Crippen molar-refractivity contribution in [3.63, 3.8) is 0 Å². The SMILES string of the molecule is COCCCNC(=O)c1cccc(NC(=O)c2ccc(C(=O)OC)cc2)c1. The summed E-state index contributed by atoms with van der Waals surface area (Å²) in [5, 5.41) is 5.53. The molecule has 27 heavy (non-hydrogen) atoms. The quantitative estimate of drug-likeness (QED) is 0.550. The fraction of sp³-hybridized carbons (Fsp3) is 0.250. The maximum atomic E-state index is 12.3. The second kappa shape index (κ2) is 10.1. The number of carbonyl (C=O) groups is 3. The highest BCUT2D eigenvalue weighted by atomic mass is 16.5. The van der Waals surface area contributed by atoms with Crippen LogP contribution in [0, 0.1) is 0 Å². The van der Waals surface area contributed by atoms with Crippen molar-refractivity contribution in [1.82, 2.24) is 5.32 Å². The summed E-state index contributed by atoms with van der Waals surface area (Å²) in [4.78, 5) is 35.9. The first-order valence-corrected chi connectivity index (χ1v) is 8.42. The van der Waals surface area contributed by atoms with Gasteiger partial charge >= 0.3 is 5.97 Å². The van der Waals surface area contributed by atoms with Gasteiger partial charge in [-0.2, -0.15) is 0 Å². The van der Waals surface area contributed by atoms with Gasteiger partial charge in [0.05, 0.1) is 12.7 Å². The molecule has 2 aromatic rings. The number of ether oxygens (including phenoxy) is 2. The third kappa shape index (κ3) is 5.93. The molecule has 0 aliphatic carbocycles. The number of anilines is 1. The number of hydrogen-bond donors (Lipinski definition) is 2. The van der Waals surface area contributed by atoms with Crippen molar-refractivity contribution >= 4 is 23.5 Å². The molecule has 0 aromatic heterocycles. The molecule has 0 saturated carbocycles. The maximum Gasteiger partial charge on any atom is 0.337 e. The minimum atomic E-state index is -0.467. The molecule has 2 amide bonds. The van der Waals surface area contributed by atoms with E-state index in [1.54, 1.807) is 31.4 Å². The van der Waals surface area contributed by atoms with Gasteiger partial charge in [0.2, 0.25) is 0 Å². The molecule has 2 rings (SSSR count). The van der Waals surface area contributed by atoms with Gasteiger partial charge < -0.3 is 20.1 Å². The average molecular weight is 370 g/mol. The van der Waals surface area contributed by atoms with Crippen LogP contribution < -0.4 is 10.6 Å². The van der Waals surface area contributed by atoms with Gasteiger partial charge in [-0.3, -0.25) is 9.59 Å². The van der Waals surface area contributed by atoms with E-state index in [1.165, 1.54) is 31.4 Å². The van der Waals surface area contributed by atoms with Gasteiger partial charge in [-0.25, -0.2) is 4.79 Å². The minimum absolute atomic E-state index is 0.218. The number of amides is 2. The fourth-order valence-electron chi connectivity index (χ4n) is 2.34. The molecule has 7 heteroatoms. The monoisotopic (exact) mass is 370 g/mol. The van der Waals surface area contributed by atoms with Crippen molar-refractivity contribution in [2.24, 2.45) is 0 Å². The van der Waals surface area contributed by atoms with Gasteiger partial charge in [0.25, 0.3) is 11.8 Å². The molecule has 0 heterocycles. The van der Waals surface area contributed by atoms with Gasteiger partial charge in [0.15, 0.2) is 0 Å². The Morgan fingerprint density at radius 1 is 0.889 bits per heavy atom. The first-order valence-electron chi connectivity index (χ1n) is 8.42. The summed E-state index contributed by atoms with van der Waals surface area (Å²) in [6.07, 6.45) is 0.722. The van der Waals surface area contributed by atoms with E-state index in [0.717, 1.165) is 6.42 Å². The lowest BCUT2D eigenvalue weighted by atomic mass is 10.1. The molecule has 0 fully saturated rings. The highest BCUT2D eigenvalue weighted by Crippen LogP contribution is 2.13. The molecule has 142 valence electrons. The highest BCUT2D eigenvalue weighted by Gasteiger charge is 2.11. The number of hydrogen-bond acceptors (Lipinski definition) is 5. The summed E-state index contributed by atoms with van der Waals surface area (Å²) in [6.45, 7) is 1.08. The summed E-state index contributed by atoms with van der Waals surface area (Å²) in [6, 6.07) is 12.8. The lowest BCUT2D eigenvalue weighted by Crippen LogP contribution is -2.25. The van der Waals surface area contributed by atoms with E-state index in [2.05, 4.69) is 15.4 Å². The second-order valence-corrected chi connectivity index (χ2v) is 5.71. The Labute approximate surface area is 157 Å². The van der Waals surface area contributed by atoms with Crippen LogP contribution in [0.2, 0.25) is 0 Å². The normalized spacial score (nSPS) is 10.1. The van der Waals surface area contributed by atoms with E-state index in [4.69, 9.17) is 4.74 Å². The Balaban J connectivity index is 1.99. The molecule has 0 atom stereocenters. The summed E-state index contributed by atoms with van der Waals surface area (Å²) in [5.74, 6) is -1.03. The number of carbonyl (C=O) groups excluding carboxylic acids is 3. The molecule has 0 aliphatic rings. The van der Waals surface area contributed by atoms with Crippen molar-refractivity contribution < 1.29 is 23.9 Å². The number of benzene rings is 2. The molecular weight excluding hydrogens is 348 g/mol. The largest absolute Gasteiger partial charge is 0.465 e. The van der Waals surface area contributed by atoms with Crippen molar-refractivity contribution in [1.29, 1.82) is 0 Å². The predicted octanol–water partition coefficient (Wildman–Crippen LogP) is 2.49. The van der Waals surface area contributed by atoms with Gasteiger partial charge in [-0.15, -0.1) is 0 Å². The third-order valence-electron chi connectivity index (χ3n) is 3.76. The Morgan fingerprint density at radius 2 is 1.59 bits per heavy atom. The van der Waals surface area contributed by atoms with Crippen LogP contribution in [-0.2, 0) is 9.47 Å². The van der Waals surface area contributed by atoms with E-state index < -0.39 is 5.97 Å². The van der Waals surface area contributed by atoms with Crippen molar-refractivity contribution in [3.05, 3.63) is 65.2 Å². The lowest BCUT2D eigenvalue weighted by Gasteiger charge is -2.09. The zero-order valence-electron chi connectivity index (χ0n) is 15.3. The minimum Gasteiger partial charge on any atom is -0.465 e. The number of methoxy groups -OCH3 is 2. The van der Waals surface area contributed by atoms with Crippen LogP contribution in [0.4, 0.5) is 5.69 Å². The highest BCUT2D eigenvalue weighted by molar-refractivity contribution is 6.05. The van der Waals surface area contributed by atoms with E-state index >= 15 is 0 Å². The zero-order valence-corrected chi connectivity index (χ0v) is 15.3. The standard InChI is InChI=1S/C20H22N2O5/c1-26-12-4-11-21-18(23)16-5-3-6-17(13-16)22-19(24)14-7-9-15(10-8-14)20(25)27-2/h3,5-10,13H,4,11-12H2,1-2H3,(H,21,23)(H,22,24). The number of rotatable bonds is 8. The Bertz CT molecular complexity index is 802. The van der Waals surface area contributed by atoms with Crippen LogP contribution in [0.3, 0.4) is 0 Å². The smallest absolute Gasteiger partial charge is 0.337 e. The van der Waals surface area contributed by atoms with Crippen LogP contribution in [0.5, 0.6) is 0 Å². The summed E-state index contributed by atoms with van der Waals surface area (Å²) >= 11 is 0. The Hall–Kier alpha value is -3.19. The third-order valence-corrected chi connectivity index (χ3v) is 3.76. The van der Waals surface area contributed by atoms with Crippen LogP contribution in [-0.4, -0.2) is 45.2 Å². The average Bonchev–Trinajstić information content (AvgIpc) is 2.70. The van der Waals surface area contributed by atoms with Crippen molar-refractivity contribution in [3.8, 4) is 0 Å². The summed E-state index contributed by atoms with van der Waals surface area (Å²) in [7, 11) is 2.90. The van der Waals surface area contributed by atoms with Gasteiger partial charge in [-0.1, -0.05) is 6.07 Å². The molecule has 2 aromatic carbocycles. The van der Waals surface area contributed by atoms with Gasteiger partial charge in [0, 0.05) is 37.1 Å².